The highest BCUT2D eigenvalue weighted by molar-refractivity contribution is 5.79. The number of hydrogen-bond acceptors (Lipinski definition) is 5. The Morgan fingerprint density at radius 1 is 1.07 bits per heavy atom. The van der Waals surface area contributed by atoms with Crippen molar-refractivity contribution in [2.24, 2.45) is 4.99 Å². The number of aromatic nitrogens is 1. The van der Waals surface area contributed by atoms with E-state index >= 15 is 0 Å². The second-order valence-electron chi connectivity index (χ2n) is 6.71. The van der Waals surface area contributed by atoms with Crippen LogP contribution in [0.15, 0.2) is 58.1 Å². The van der Waals surface area contributed by atoms with Crippen LogP contribution < -0.4 is 20.1 Å². The molecule has 0 amide bonds. The molecule has 0 radical (unpaired) electrons. The summed E-state index contributed by atoms with van der Waals surface area (Å²) in [6.45, 7) is 5.69. The molecular formula is C23H28N4O3. The number of aliphatic imine (C=N–C) groups is 1. The summed E-state index contributed by atoms with van der Waals surface area (Å²) in [6.07, 6.45) is 1.66. The molecule has 0 aliphatic heterocycles. The molecule has 0 aliphatic rings. The Balaban J connectivity index is 1.55. The van der Waals surface area contributed by atoms with Crippen LogP contribution in [0.25, 0.3) is 11.5 Å². The number of rotatable bonds is 8. The number of aryl methyl sites for hydroxylation is 1. The summed E-state index contributed by atoms with van der Waals surface area (Å²) >= 11 is 0. The monoisotopic (exact) mass is 408 g/mol. The zero-order chi connectivity index (χ0) is 21.3. The van der Waals surface area contributed by atoms with Gasteiger partial charge in [0.05, 0.1) is 26.0 Å². The van der Waals surface area contributed by atoms with Gasteiger partial charge in [-0.15, -0.1) is 0 Å². The molecule has 0 bridgehead atoms. The van der Waals surface area contributed by atoms with Gasteiger partial charge in [-0.3, -0.25) is 4.99 Å². The van der Waals surface area contributed by atoms with Crippen LogP contribution in [-0.4, -0.2) is 31.7 Å². The van der Waals surface area contributed by atoms with Crippen molar-refractivity contribution < 1.29 is 13.9 Å². The molecule has 3 aromatic rings. The first kappa shape index (κ1) is 21.2. The fourth-order valence-electron chi connectivity index (χ4n) is 2.89. The number of nitrogens with zero attached hydrogens (tertiary/aromatic N) is 2. The number of benzene rings is 2. The SMILES string of the molecule is CCOc1ccc(CNC(=NC)NCc2coc(-c3ccc(C)cc3)n2)cc1OC. The van der Waals surface area contributed by atoms with E-state index < -0.39 is 0 Å². The zero-order valence-electron chi connectivity index (χ0n) is 17.9. The summed E-state index contributed by atoms with van der Waals surface area (Å²) in [4.78, 5) is 8.80. The quantitative estimate of drug-likeness (QED) is 0.434. The Kier molecular flexibility index (Phi) is 7.32. The zero-order valence-corrected chi connectivity index (χ0v) is 17.9. The van der Waals surface area contributed by atoms with Crippen LogP contribution in [0.1, 0.15) is 23.7 Å². The molecule has 30 heavy (non-hydrogen) atoms. The van der Waals surface area contributed by atoms with E-state index in [9.17, 15) is 0 Å². The maximum atomic E-state index is 5.61. The third kappa shape index (κ3) is 5.53. The molecule has 3 rings (SSSR count). The van der Waals surface area contributed by atoms with Crippen LogP contribution in [0.2, 0.25) is 0 Å². The Bertz CT molecular complexity index is 980. The van der Waals surface area contributed by atoms with Crippen molar-refractivity contribution in [1.29, 1.82) is 0 Å². The van der Waals surface area contributed by atoms with Crippen LogP contribution >= 0.6 is 0 Å². The first-order chi connectivity index (χ1) is 14.6. The predicted molar refractivity (Wildman–Crippen MR) is 118 cm³/mol. The first-order valence-corrected chi connectivity index (χ1v) is 9.88. The lowest BCUT2D eigenvalue weighted by molar-refractivity contribution is 0.310. The minimum atomic E-state index is 0.502. The van der Waals surface area contributed by atoms with Gasteiger partial charge in [-0.25, -0.2) is 4.98 Å². The van der Waals surface area contributed by atoms with Gasteiger partial charge in [-0.05, 0) is 43.7 Å². The van der Waals surface area contributed by atoms with Crippen LogP contribution in [-0.2, 0) is 13.1 Å². The number of hydrogen-bond donors (Lipinski definition) is 2. The molecule has 2 aromatic carbocycles. The van der Waals surface area contributed by atoms with Gasteiger partial charge in [-0.1, -0.05) is 23.8 Å². The number of methoxy groups -OCH3 is 1. The van der Waals surface area contributed by atoms with Crippen LogP contribution in [0.3, 0.4) is 0 Å². The van der Waals surface area contributed by atoms with Crippen LogP contribution in [0, 0.1) is 6.92 Å². The minimum Gasteiger partial charge on any atom is -0.493 e. The van der Waals surface area contributed by atoms with Crippen LogP contribution in [0.4, 0.5) is 0 Å². The molecular weight excluding hydrogens is 380 g/mol. The van der Waals surface area contributed by atoms with Crippen molar-refractivity contribution in [2.45, 2.75) is 26.9 Å². The summed E-state index contributed by atoms with van der Waals surface area (Å²) in [5.41, 5.74) is 4.02. The van der Waals surface area contributed by atoms with E-state index in [1.807, 2.05) is 49.4 Å². The van der Waals surface area contributed by atoms with Crippen molar-refractivity contribution in [1.82, 2.24) is 15.6 Å². The van der Waals surface area contributed by atoms with E-state index in [4.69, 9.17) is 13.9 Å². The van der Waals surface area contributed by atoms with E-state index in [1.165, 1.54) is 5.56 Å². The minimum absolute atomic E-state index is 0.502. The molecule has 0 unspecified atom stereocenters. The highest BCUT2D eigenvalue weighted by atomic mass is 16.5. The summed E-state index contributed by atoms with van der Waals surface area (Å²) < 4.78 is 16.6. The third-order valence-corrected chi connectivity index (χ3v) is 4.50. The molecule has 0 aliphatic carbocycles. The lowest BCUT2D eigenvalue weighted by Gasteiger charge is -2.13. The smallest absolute Gasteiger partial charge is 0.226 e. The lowest BCUT2D eigenvalue weighted by Crippen LogP contribution is -2.36. The number of oxazole rings is 1. The van der Waals surface area contributed by atoms with E-state index in [1.54, 1.807) is 20.4 Å². The Hall–Kier alpha value is -3.48. The molecule has 2 N–H and O–H groups in total. The Morgan fingerprint density at radius 3 is 2.53 bits per heavy atom. The largest absolute Gasteiger partial charge is 0.493 e. The third-order valence-electron chi connectivity index (χ3n) is 4.50. The summed E-state index contributed by atoms with van der Waals surface area (Å²) in [7, 11) is 3.37. The van der Waals surface area contributed by atoms with Gasteiger partial charge >= 0.3 is 0 Å². The molecule has 1 aromatic heterocycles. The highest BCUT2D eigenvalue weighted by Gasteiger charge is 2.09. The van der Waals surface area contributed by atoms with E-state index in [-0.39, 0.29) is 0 Å². The molecule has 0 atom stereocenters. The van der Waals surface area contributed by atoms with Crippen molar-refractivity contribution >= 4 is 5.96 Å². The van der Waals surface area contributed by atoms with Crippen molar-refractivity contribution in [3.8, 4) is 23.0 Å². The molecule has 7 heteroatoms. The second-order valence-corrected chi connectivity index (χ2v) is 6.71. The van der Waals surface area contributed by atoms with Crippen molar-refractivity contribution in [3.63, 3.8) is 0 Å². The van der Waals surface area contributed by atoms with Crippen LogP contribution in [0.5, 0.6) is 11.5 Å². The maximum Gasteiger partial charge on any atom is 0.226 e. The molecule has 7 nitrogen and oxygen atoms in total. The average molecular weight is 409 g/mol. The number of ether oxygens (including phenoxy) is 2. The van der Waals surface area contributed by atoms with E-state index in [0.717, 1.165) is 22.6 Å². The Labute approximate surface area is 177 Å². The van der Waals surface area contributed by atoms with E-state index in [0.29, 0.717) is 37.3 Å². The lowest BCUT2D eigenvalue weighted by atomic mass is 10.1. The molecule has 0 spiro atoms. The number of nitrogens with one attached hydrogen (secondary N) is 2. The summed E-state index contributed by atoms with van der Waals surface area (Å²) in [6, 6.07) is 14.0. The maximum absolute atomic E-state index is 5.61. The molecule has 158 valence electrons. The molecule has 0 fully saturated rings. The van der Waals surface area contributed by atoms with Crippen molar-refractivity contribution in [3.05, 3.63) is 65.5 Å². The second kappa shape index (κ2) is 10.3. The van der Waals surface area contributed by atoms with Gasteiger partial charge in [0.1, 0.15) is 6.26 Å². The van der Waals surface area contributed by atoms with Crippen molar-refractivity contribution in [2.75, 3.05) is 20.8 Å². The summed E-state index contributed by atoms with van der Waals surface area (Å²) in [5.74, 6) is 2.73. The average Bonchev–Trinajstić information content (AvgIpc) is 3.24. The fraction of sp³-hybridized carbons (Fsp3) is 0.304. The molecule has 1 heterocycles. The normalized spacial score (nSPS) is 11.3. The van der Waals surface area contributed by atoms with Gasteiger partial charge in [0.2, 0.25) is 5.89 Å². The van der Waals surface area contributed by atoms with Gasteiger partial charge in [-0.2, -0.15) is 0 Å². The highest BCUT2D eigenvalue weighted by Crippen LogP contribution is 2.28. The van der Waals surface area contributed by atoms with Gasteiger partial charge < -0.3 is 24.5 Å². The predicted octanol–water partition coefficient (Wildman–Crippen LogP) is 3.92. The topological polar surface area (TPSA) is 80.9 Å². The molecule has 0 saturated carbocycles. The molecule has 0 saturated heterocycles. The van der Waals surface area contributed by atoms with E-state index in [2.05, 4.69) is 27.5 Å². The first-order valence-electron chi connectivity index (χ1n) is 9.88. The summed E-state index contributed by atoms with van der Waals surface area (Å²) in [5, 5.41) is 6.54. The Morgan fingerprint density at radius 2 is 1.83 bits per heavy atom. The van der Waals surface area contributed by atoms with Gasteiger partial charge in [0.15, 0.2) is 17.5 Å². The fourth-order valence-corrected chi connectivity index (χ4v) is 2.89. The number of guanidine groups is 1. The van der Waals surface area contributed by atoms with Gasteiger partial charge in [0, 0.05) is 19.2 Å². The standard InChI is InChI=1S/C23H28N4O3/c1-5-29-20-11-8-17(12-21(20)28-4)13-25-23(24-3)26-14-19-15-30-22(27-19)18-9-6-16(2)7-10-18/h6-12,15H,5,13-14H2,1-4H3,(H2,24,25,26). The van der Waals surface area contributed by atoms with Gasteiger partial charge in [0.25, 0.3) is 0 Å².